The normalized spacial score (nSPS) is 12.0. The number of anilines is 1. The van der Waals surface area contributed by atoms with Crippen molar-refractivity contribution in [2.75, 3.05) is 19.5 Å². The number of primary sulfonamides is 1. The number of rotatable bonds is 7. The molecule has 0 aliphatic carbocycles. The zero-order chi connectivity index (χ0) is 21.8. The zero-order valence-electron chi connectivity index (χ0n) is 15.8. The number of sulfonamides is 1. The summed E-state index contributed by atoms with van der Waals surface area (Å²) in [6.45, 7) is 1.38. The van der Waals surface area contributed by atoms with Gasteiger partial charge < -0.3 is 19.5 Å². The Balaban J connectivity index is 2.07. The van der Waals surface area contributed by atoms with Crippen LogP contribution in [0.3, 0.4) is 0 Å². The first-order valence-corrected chi connectivity index (χ1v) is 10.1. The van der Waals surface area contributed by atoms with Gasteiger partial charge in [0.1, 0.15) is 0 Å². The molecule has 156 valence electrons. The summed E-state index contributed by atoms with van der Waals surface area (Å²) < 4.78 is 37.9. The first-order chi connectivity index (χ1) is 13.6. The van der Waals surface area contributed by atoms with Crippen molar-refractivity contribution in [1.29, 1.82) is 0 Å². The highest BCUT2D eigenvalue weighted by Gasteiger charge is 2.22. The minimum atomic E-state index is -3.84. The maximum absolute atomic E-state index is 12.3. The van der Waals surface area contributed by atoms with Crippen LogP contribution in [0.4, 0.5) is 5.69 Å². The SMILES string of the molecule is COc1cc(C(=O)O[C@@H](C)C(=O)Nc2ccc(S(N)(=O)=O)cc2)cc(Cl)c1OC. The maximum atomic E-state index is 12.3. The Morgan fingerprint density at radius 1 is 1.10 bits per heavy atom. The summed E-state index contributed by atoms with van der Waals surface area (Å²) >= 11 is 6.06. The first-order valence-electron chi connectivity index (χ1n) is 8.13. The summed E-state index contributed by atoms with van der Waals surface area (Å²) in [5, 5.41) is 7.67. The van der Waals surface area contributed by atoms with E-state index in [9.17, 15) is 18.0 Å². The minimum absolute atomic E-state index is 0.0739. The van der Waals surface area contributed by atoms with Gasteiger partial charge in [-0.25, -0.2) is 18.4 Å². The fourth-order valence-corrected chi connectivity index (χ4v) is 3.09. The van der Waals surface area contributed by atoms with Gasteiger partial charge >= 0.3 is 5.97 Å². The number of carbonyl (C=O) groups is 2. The molecule has 1 amide bonds. The lowest BCUT2D eigenvalue weighted by Crippen LogP contribution is -2.30. The number of nitrogens with one attached hydrogen (secondary N) is 1. The van der Waals surface area contributed by atoms with Crippen molar-refractivity contribution in [2.45, 2.75) is 17.9 Å². The lowest BCUT2D eigenvalue weighted by Gasteiger charge is -2.15. The Kier molecular flexibility index (Phi) is 7.07. The second-order valence-corrected chi connectivity index (χ2v) is 7.77. The van der Waals surface area contributed by atoms with E-state index >= 15 is 0 Å². The molecule has 0 aliphatic heterocycles. The summed E-state index contributed by atoms with van der Waals surface area (Å²) in [6, 6.07) is 7.92. The number of amides is 1. The number of esters is 1. The minimum Gasteiger partial charge on any atom is -0.493 e. The van der Waals surface area contributed by atoms with Gasteiger partial charge in [-0.3, -0.25) is 4.79 Å². The van der Waals surface area contributed by atoms with E-state index in [4.69, 9.17) is 31.0 Å². The van der Waals surface area contributed by atoms with Gasteiger partial charge in [0.2, 0.25) is 10.0 Å². The molecule has 0 unspecified atom stereocenters. The van der Waals surface area contributed by atoms with Crippen LogP contribution < -0.4 is 19.9 Å². The number of halogens is 1. The molecule has 0 saturated carbocycles. The molecule has 0 aromatic heterocycles. The van der Waals surface area contributed by atoms with Crippen molar-refractivity contribution >= 4 is 39.2 Å². The Bertz CT molecular complexity index is 1020. The number of carbonyl (C=O) groups excluding carboxylic acids is 2. The van der Waals surface area contributed by atoms with Crippen molar-refractivity contribution in [3.05, 3.63) is 47.0 Å². The van der Waals surface area contributed by atoms with Gasteiger partial charge in [-0.1, -0.05) is 11.6 Å². The number of methoxy groups -OCH3 is 2. The first kappa shape index (κ1) is 22.5. The summed E-state index contributed by atoms with van der Waals surface area (Å²) in [6.07, 6.45) is -1.15. The third kappa shape index (κ3) is 5.59. The van der Waals surface area contributed by atoms with Crippen LogP contribution in [0, 0.1) is 0 Å². The fraction of sp³-hybridized carbons (Fsp3) is 0.222. The van der Waals surface area contributed by atoms with Gasteiger partial charge in [0, 0.05) is 5.69 Å². The van der Waals surface area contributed by atoms with Crippen LogP contribution in [0.5, 0.6) is 11.5 Å². The molecule has 0 aliphatic rings. The van der Waals surface area contributed by atoms with Gasteiger partial charge in [0.05, 0.1) is 29.7 Å². The lowest BCUT2D eigenvalue weighted by atomic mass is 10.2. The van der Waals surface area contributed by atoms with E-state index < -0.39 is 28.0 Å². The second-order valence-electron chi connectivity index (χ2n) is 5.80. The van der Waals surface area contributed by atoms with Gasteiger partial charge in [0.15, 0.2) is 17.6 Å². The molecule has 3 N–H and O–H groups in total. The topological polar surface area (TPSA) is 134 Å². The molecule has 29 heavy (non-hydrogen) atoms. The molecule has 9 nitrogen and oxygen atoms in total. The average Bonchev–Trinajstić information content (AvgIpc) is 2.66. The number of hydrogen-bond donors (Lipinski definition) is 2. The van der Waals surface area contributed by atoms with Crippen LogP contribution >= 0.6 is 11.6 Å². The second kappa shape index (κ2) is 9.12. The van der Waals surface area contributed by atoms with E-state index in [2.05, 4.69) is 5.32 Å². The molecule has 1 atom stereocenters. The highest BCUT2D eigenvalue weighted by molar-refractivity contribution is 7.89. The Labute approximate surface area is 172 Å². The lowest BCUT2D eigenvalue weighted by molar-refractivity contribution is -0.123. The number of ether oxygens (including phenoxy) is 3. The van der Waals surface area contributed by atoms with E-state index in [-0.39, 0.29) is 27.0 Å². The fourth-order valence-electron chi connectivity index (χ4n) is 2.29. The molecule has 0 heterocycles. The maximum Gasteiger partial charge on any atom is 0.339 e. The largest absolute Gasteiger partial charge is 0.493 e. The quantitative estimate of drug-likeness (QED) is 0.627. The molecule has 0 radical (unpaired) electrons. The molecule has 2 rings (SSSR count). The summed E-state index contributed by atoms with van der Waals surface area (Å²) in [4.78, 5) is 24.5. The van der Waals surface area contributed by atoms with E-state index in [0.717, 1.165) is 0 Å². The summed E-state index contributed by atoms with van der Waals surface area (Å²) in [7, 11) is -1.04. The highest BCUT2D eigenvalue weighted by Crippen LogP contribution is 2.36. The van der Waals surface area contributed by atoms with Crippen LogP contribution in [0.1, 0.15) is 17.3 Å². The third-order valence-electron chi connectivity index (χ3n) is 3.77. The molecule has 0 fully saturated rings. The molecular weight excluding hydrogens is 424 g/mol. The Morgan fingerprint density at radius 3 is 2.24 bits per heavy atom. The van der Waals surface area contributed by atoms with Crippen LogP contribution in [-0.4, -0.2) is 40.6 Å². The van der Waals surface area contributed by atoms with Crippen molar-refractivity contribution < 1.29 is 32.2 Å². The van der Waals surface area contributed by atoms with Gasteiger partial charge in [-0.2, -0.15) is 0 Å². The van der Waals surface area contributed by atoms with Crippen LogP contribution in [-0.2, 0) is 19.6 Å². The van der Waals surface area contributed by atoms with Crippen molar-refractivity contribution in [3.63, 3.8) is 0 Å². The predicted molar refractivity (Wildman–Crippen MR) is 106 cm³/mol. The van der Waals surface area contributed by atoms with Gasteiger partial charge in [-0.15, -0.1) is 0 Å². The molecule has 0 spiro atoms. The predicted octanol–water partition coefficient (Wildman–Crippen LogP) is 2.19. The van der Waals surface area contributed by atoms with E-state index in [1.54, 1.807) is 0 Å². The molecule has 0 saturated heterocycles. The Morgan fingerprint density at radius 2 is 1.72 bits per heavy atom. The van der Waals surface area contributed by atoms with E-state index in [1.807, 2.05) is 0 Å². The smallest absolute Gasteiger partial charge is 0.339 e. The monoisotopic (exact) mass is 442 g/mol. The number of benzene rings is 2. The van der Waals surface area contributed by atoms with Gasteiger partial charge in [-0.05, 0) is 43.3 Å². The van der Waals surface area contributed by atoms with Crippen LogP contribution in [0.15, 0.2) is 41.3 Å². The van der Waals surface area contributed by atoms with E-state index in [1.165, 1.54) is 57.5 Å². The zero-order valence-corrected chi connectivity index (χ0v) is 17.3. The number of nitrogens with two attached hydrogens (primary N) is 1. The average molecular weight is 443 g/mol. The molecular formula is C18H19ClN2O7S. The summed E-state index contributed by atoms with van der Waals surface area (Å²) in [5.41, 5.74) is 0.379. The standard InChI is InChI=1S/C18H19ClN2O7S/c1-10(17(22)21-12-4-6-13(7-5-12)29(20,24)25)28-18(23)11-8-14(19)16(27-3)15(9-11)26-2/h4-10H,1-3H3,(H,21,22)(H2,20,24,25)/t10-/m0/s1. The molecule has 0 bridgehead atoms. The number of hydrogen-bond acceptors (Lipinski definition) is 7. The molecule has 2 aromatic rings. The molecule has 11 heteroatoms. The van der Waals surface area contributed by atoms with Crippen molar-refractivity contribution in [3.8, 4) is 11.5 Å². The third-order valence-corrected chi connectivity index (χ3v) is 4.98. The highest BCUT2D eigenvalue weighted by atomic mass is 35.5. The van der Waals surface area contributed by atoms with Crippen molar-refractivity contribution in [1.82, 2.24) is 0 Å². The van der Waals surface area contributed by atoms with Crippen LogP contribution in [0.2, 0.25) is 5.02 Å². The van der Waals surface area contributed by atoms with Crippen LogP contribution in [0.25, 0.3) is 0 Å². The van der Waals surface area contributed by atoms with E-state index in [0.29, 0.717) is 5.69 Å². The van der Waals surface area contributed by atoms with Crippen molar-refractivity contribution in [2.24, 2.45) is 5.14 Å². The van der Waals surface area contributed by atoms with Gasteiger partial charge in [0.25, 0.3) is 5.91 Å². The molecule has 2 aromatic carbocycles. The Hall–Kier alpha value is -2.82. The summed E-state index contributed by atoms with van der Waals surface area (Å²) in [5.74, 6) is -0.910.